The molecule has 0 aromatic carbocycles. The van der Waals surface area contributed by atoms with Crippen LogP contribution >= 0.6 is 11.9 Å². The normalized spacial score (nSPS) is 23.1. The Balaban J connectivity index is 1.59. The summed E-state index contributed by atoms with van der Waals surface area (Å²) < 4.78 is 0. The summed E-state index contributed by atoms with van der Waals surface area (Å²) in [5.74, 6) is 0.534. The molecule has 3 heterocycles. The lowest BCUT2D eigenvalue weighted by atomic mass is 9.67. The first-order valence-corrected chi connectivity index (χ1v) is 8.84. The molecule has 2 aliphatic heterocycles. The number of nitrogens with zero attached hydrogens (tertiary/aromatic N) is 2. The van der Waals surface area contributed by atoms with E-state index in [-0.39, 0.29) is 17.4 Å². The monoisotopic (exact) mass is 344 g/mol. The molecule has 1 saturated carbocycles. The summed E-state index contributed by atoms with van der Waals surface area (Å²) in [5, 5.41) is 7.25. The van der Waals surface area contributed by atoms with E-state index in [0.29, 0.717) is 18.1 Å². The number of hydrazine groups is 1. The predicted octanol–water partition coefficient (Wildman–Crippen LogP) is 1.90. The number of pyridine rings is 1. The molecule has 8 heteroatoms. The Labute approximate surface area is 144 Å². The van der Waals surface area contributed by atoms with Gasteiger partial charge < -0.3 is 16.1 Å². The zero-order valence-electron chi connectivity index (χ0n) is 13.6. The first kappa shape index (κ1) is 15.5. The molecule has 1 unspecified atom stereocenters. The van der Waals surface area contributed by atoms with Crippen LogP contribution in [0.4, 0.5) is 5.82 Å². The molecule has 7 nitrogen and oxygen atoms in total. The summed E-state index contributed by atoms with van der Waals surface area (Å²) in [6, 6.07) is 2.14. The third-order valence-electron chi connectivity index (χ3n) is 4.85. The first-order valence-electron chi connectivity index (χ1n) is 8.02. The molecule has 3 aliphatic rings. The van der Waals surface area contributed by atoms with E-state index in [4.69, 9.17) is 0 Å². The minimum atomic E-state index is -0.109. The van der Waals surface area contributed by atoms with Crippen LogP contribution in [0.25, 0.3) is 0 Å². The standard InChI is InChI=1S/C16H20N6OS/c1-16(2)4-3-11(16)19-15(23)14-10-7-17-6-9(10)5-12(21-14)20-13-8-18-22-24-13/h5-6,8,11,18,22H,3-4,7H2,1-2H3,(H,19,23)(H,20,21). The van der Waals surface area contributed by atoms with Gasteiger partial charge in [0.05, 0.1) is 6.54 Å². The third kappa shape index (κ3) is 2.76. The van der Waals surface area contributed by atoms with E-state index < -0.39 is 0 Å². The molecule has 0 bridgehead atoms. The third-order valence-corrected chi connectivity index (χ3v) is 5.51. The molecule has 24 heavy (non-hydrogen) atoms. The fourth-order valence-electron chi connectivity index (χ4n) is 3.12. The van der Waals surface area contributed by atoms with E-state index in [0.717, 1.165) is 29.0 Å². The fourth-order valence-corrected chi connectivity index (χ4v) is 3.62. The predicted molar refractivity (Wildman–Crippen MR) is 95.4 cm³/mol. The van der Waals surface area contributed by atoms with E-state index in [2.05, 4.69) is 44.7 Å². The van der Waals surface area contributed by atoms with E-state index >= 15 is 0 Å². The molecule has 4 N–H and O–H groups in total. The fraction of sp³-hybridized carbons (Fsp3) is 0.438. The molecule has 0 spiro atoms. The molecule has 0 radical (unpaired) electrons. The Hall–Kier alpha value is -2.06. The molecule has 1 atom stereocenters. The highest BCUT2D eigenvalue weighted by Gasteiger charge is 2.39. The largest absolute Gasteiger partial charge is 0.347 e. The lowest BCUT2D eigenvalue weighted by molar-refractivity contribution is 0.0727. The highest BCUT2D eigenvalue weighted by Crippen LogP contribution is 2.40. The minimum Gasteiger partial charge on any atom is -0.347 e. The Morgan fingerprint density at radius 1 is 1.46 bits per heavy atom. The van der Waals surface area contributed by atoms with Crippen LogP contribution < -0.4 is 20.9 Å². The van der Waals surface area contributed by atoms with Crippen LogP contribution in [0.2, 0.25) is 0 Å². The second-order valence-corrected chi connectivity index (χ2v) is 7.78. The molecular formula is C16H20N6OS. The number of aromatic nitrogens is 1. The van der Waals surface area contributed by atoms with Gasteiger partial charge in [-0.15, -0.1) is 0 Å². The summed E-state index contributed by atoms with van der Waals surface area (Å²) >= 11 is 1.42. The average Bonchev–Trinajstić information content (AvgIpc) is 3.22. The van der Waals surface area contributed by atoms with Gasteiger partial charge in [-0.25, -0.2) is 4.98 Å². The molecule has 1 amide bonds. The van der Waals surface area contributed by atoms with E-state index in [1.807, 2.05) is 12.3 Å². The first-order chi connectivity index (χ1) is 11.5. The van der Waals surface area contributed by atoms with Gasteiger partial charge in [-0.2, -0.15) is 4.83 Å². The molecule has 1 aromatic heterocycles. The van der Waals surface area contributed by atoms with Crippen molar-refractivity contribution in [3.63, 3.8) is 0 Å². The maximum absolute atomic E-state index is 12.8. The Morgan fingerprint density at radius 3 is 3.00 bits per heavy atom. The summed E-state index contributed by atoms with van der Waals surface area (Å²) in [7, 11) is 0. The van der Waals surface area contributed by atoms with Crippen molar-refractivity contribution < 1.29 is 4.79 Å². The van der Waals surface area contributed by atoms with Crippen LogP contribution in [0.1, 0.15) is 48.3 Å². The maximum atomic E-state index is 12.8. The van der Waals surface area contributed by atoms with Crippen LogP contribution in [0, 0.1) is 5.41 Å². The maximum Gasteiger partial charge on any atom is 0.270 e. The molecule has 1 aliphatic carbocycles. The molecule has 126 valence electrons. The zero-order chi connectivity index (χ0) is 16.7. The summed E-state index contributed by atoms with van der Waals surface area (Å²) in [4.78, 5) is 24.5. The summed E-state index contributed by atoms with van der Waals surface area (Å²) in [5.41, 5.74) is 5.38. The highest BCUT2D eigenvalue weighted by molar-refractivity contribution is 8.01. The second-order valence-electron chi connectivity index (χ2n) is 6.93. The van der Waals surface area contributed by atoms with Crippen molar-refractivity contribution in [2.24, 2.45) is 10.4 Å². The van der Waals surface area contributed by atoms with Crippen molar-refractivity contribution in [2.75, 3.05) is 5.32 Å². The number of hydrogen-bond donors (Lipinski definition) is 4. The van der Waals surface area contributed by atoms with Crippen molar-refractivity contribution in [1.82, 2.24) is 20.6 Å². The smallest absolute Gasteiger partial charge is 0.270 e. The number of nitrogens with one attached hydrogen (secondary N) is 4. The van der Waals surface area contributed by atoms with Gasteiger partial charge in [-0.05, 0) is 36.3 Å². The van der Waals surface area contributed by atoms with Crippen LogP contribution in [0.15, 0.2) is 22.3 Å². The van der Waals surface area contributed by atoms with Crippen molar-refractivity contribution >= 4 is 29.9 Å². The zero-order valence-corrected chi connectivity index (χ0v) is 14.5. The number of hydrogen-bond acceptors (Lipinski definition) is 7. The summed E-state index contributed by atoms with van der Waals surface area (Å²) in [6.45, 7) is 4.88. The van der Waals surface area contributed by atoms with Crippen LogP contribution in [0.3, 0.4) is 0 Å². The van der Waals surface area contributed by atoms with Gasteiger partial charge in [0.15, 0.2) is 0 Å². The van der Waals surface area contributed by atoms with Gasteiger partial charge in [0.1, 0.15) is 16.5 Å². The van der Waals surface area contributed by atoms with E-state index in [9.17, 15) is 4.79 Å². The number of anilines is 1. The molecule has 4 rings (SSSR count). The number of carbonyl (C=O) groups is 1. The van der Waals surface area contributed by atoms with Gasteiger partial charge in [0.2, 0.25) is 0 Å². The molecule has 1 aromatic rings. The van der Waals surface area contributed by atoms with Crippen molar-refractivity contribution in [1.29, 1.82) is 0 Å². The number of rotatable bonds is 4. The Kier molecular flexibility index (Phi) is 3.73. The molecule has 0 saturated heterocycles. The number of amides is 1. The van der Waals surface area contributed by atoms with Crippen molar-refractivity contribution in [3.8, 4) is 0 Å². The van der Waals surface area contributed by atoms with Crippen LogP contribution in [-0.4, -0.2) is 23.1 Å². The lowest BCUT2D eigenvalue weighted by Gasteiger charge is -2.44. The summed E-state index contributed by atoms with van der Waals surface area (Å²) in [6.07, 6.45) is 5.78. The van der Waals surface area contributed by atoms with Crippen LogP contribution in [0.5, 0.6) is 0 Å². The average molecular weight is 344 g/mol. The van der Waals surface area contributed by atoms with Crippen LogP contribution in [-0.2, 0) is 6.54 Å². The topological polar surface area (TPSA) is 90.4 Å². The van der Waals surface area contributed by atoms with Crippen molar-refractivity contribution in [3.05, 3.63) is 34.1 Å². The quantitative estimate of drug-likeness (QED) is 0.624. The molecule has 1 fully saturated rings. The SMILES string of the molecule is CC1(C)CCC1NC(=O)c1nc(NC2=CNNS2)cc2c1CN=C2. The van der Waals surface area contributed by atoms with Gasteiger partial charge in [-0.3, -0.25) is 9.79 Å². The Bertz CT molecular complexity index is 757. The minimum absolute atomic E-state index is 0.109. The van der Waals surface area contributed by atoms with Gasteiger partial charge in [0, 0.05) is 29.6 Å². The number of aliphatic imine (C=N–C) groups is 1. The second kappa shape index (κ2) is 5.78. The number of fused-ring (bicyclic) bond motifs is 1. The highest BCUT2D eigenvalue weighted by atomic mass is 32.2. The molecular weight excluding hydrogens is 324 g/mol. The van der Waals surface area contributed by atoms with Crippen molar-refractivity contribution in [2.45, 2.75) is 39.3 Å². The van der Waals surface area contributed by atoms with Gasteiger partial charge in [0.25, 0.3) is 5.91 Å². The Morgan fingerprint density at radius 2 is 2.33 bits per heavy atom. The number of carbonyl (C=O) groups excluding carboxylic acids is 1. The van der Waals surface area contributed by atoms with E-state index in [1.165, 1.54) is 11.9 Å². The lowest BCUT2D eigenvalue weighted by Crippen LogP contribution is -2.52. The van der Waals surface area contributed by atoms with E-state index in [1.54, 1.807) is 6.21 Å². The van der Waals surface area contributed by atoms with Gasteiger partial charge >= 0.3 is 0 Å². The van der Waals surface area contributed by atoms with Gasteiger partial charge in [-0.1, -0.05) is 13.8 Å².